The van der Waals surface area contributed by atoms with Crippen LogP contribution in [-0.4, -0.2) is 25.3 Å². The van der Waals surface area contributed by atoms with E-state index >= 15 is 0 Å². The summed E-state index contributed by atoms with van der Waals surface area (Å²) >= 11 is 1.72. The second-order valence-corrected chi connectivity index (χ2v) is 8.87. The average molecular weight is 421 g/mol. The molecule has 0 unspecified atom stereocenters. The number of fused-ring (bicyclic) bond motifs is 1. The molecule has 6 heteroatoms. The number of hydrogen-bond donors (Lipinski definition) is 1. The molecule has 4 nitrogen and oxygen atoms in total. The highest BCUT2D eigenvalue weighted by Crippen LogP contribution is 2.37. The Hall–Kier alpha value is -1.89. The van der Waals surface area contributed by atoms with Crippen molar-refractivity contribution in [3.63, 3.8) is 0 Å². The summed E-state index contributed by atoms with van der Waals surface area (Å²) in [6.45, 7) is 4.83. The van der Waals surface area contributed by atoms with E-state index in [2.05, 4.69) is 60.1 Å². The Kier molecular flexibility index (Phi) is 8.96. The number of benzene rings is 2. The van der Waals surface area contributed by atoms with E-state index in [1.54, 1.807) is 11.3 Å². The maximum absolute atomic E-state index is 9.95. The Labute approximate surface area is 171 Å². The summed E-state index contributed by atoms with van der Waals surface area (Å²) < 4.78 is 34.1. The summed E-state index contributed by atoms with van der Waals surface area (Å²) in [7, 11) is -3.69. The second kappa shape index (κ2) is 11.2. The van der Waals surface area contributed by atoms with Crippen molar-refractivity contribution in [2.24, 2.45) is 0 Å². The van der Waals surface area contributed by atoms with E-state index in [4.69, 9.17) is 9.29 Å². The second-order valence-electron chi connectivity index (χ2n) is 6.52. The quantitative estimate of drug-likeness (QED) is 0.337. The monoisotopic (exact) mass is 420 g/mol. The van der Waals surface area contributed by atoms with E-state index in [0.717, 1.165) is 31.6 Å². The van der Waals surface area contributed by atoms with Crippen molar-refractivity contribution in [2.75, 3.05) is 12.4 Å². The predicted octanol–water partition coefficient (Wildman–Crippen LogP) is 6.42. The lowest BCUT2D eigenvalue weighted by molar-refractivity contribution is 0.314. The molecule has 0 aliphatic carbocycles. The highest BCUT2D eigenvalue weighted by atomic mass is 32.2. The molecule has 0 saturated heterocycles. The van der Waals surface area contributed by atoms with E-state index < -0.39 is 10.1 Å². The van der Waals surface area contributed by atoms with Gasteiger partial charge < -0.3 is 4.74 Å². The largest absolute Gasteiger partial charge is 0.492 e. The average Bonchev–Trinajstić information content (AvgIpc) is 3.21. The van der Waals surface area contributed by atoms with Gasteiger partial charge in [-0.3, -0.25) is 4.55 Å². The minimum atomic E-state index is -3.69. The third-order valence-corrected chi connectivity index (χ3v) is 5.70. The highest BCUT2D eigenvalue weighted by molar-refractivity contribution is 7.85. The molecule has 0 bridgehead atoms. The summed E-state index contributed by atoms with van der Waals surface area (Å²) in [5.74, 6) is 0.915. The van der Waals surface area contributed by atoms with Gasteiger partial charge in [-0.05, 0) is 46.7 Å². The van der Waals surface area contributed by atoms with Gasteiger partial charge in [-0.1, -0.05) is 57.0 Å². The van der Waals surface area contributed by atoms with Crippen LogP contribution in [0.1, 0.15) is 39.5 Å². The minimum absolute atomic E-state index is 0.108. The number of ether oxygens (including phenoxy) is 1. The molecule has 3 aromatic rings. The maximum atomic E-state index is 9.95. The fourth-order valence-corrected chi connectivity index (χ4v) is 4.00. The number of rotatable bonds is 8. The smallest absolute Gasteiger partial charge is 0.264 e. The van der Waals surface area contributed by atoms with Crippen LogP contribution in [0, 0.1) is 0 Å². The topological polar surface area (TPSA) is 63.6 Å². The molecule has 28 heavy (non-hydrogen) atoms. The van der Waals surface area contributed by atoms with Crippen LogP contribution < -0.4 is 4.74 Å². The van der Waals surface area contributed by atoms with Crippen molar-refractivity contribution < 1.29 is 17.7 Å². The first kappa shape index (κ1) is 22.4. The first-order valence-electron chi connectivity index (χ1n) is 9.58. The normalized spacial score (nSPS) is 11.1. The molecule has 0 spiro atoms. The molecular formula is C22H28O4S2. The van der Waals surface area contributed by atoms with Gasteiger partial charge >= 0.3 is 0 Å². The molecule has 1 aromatic heterocycles. The van der Waals surface area contributed by atoms with Crippen molar-refractivity contribution in [1.82, 2.24) is 0 Å². The van der Waals surface area contributed by atoms with Crippen LogP contribution in [0.25, 0.3) is 21.9 Å². The SMILES string of the molecule is CCCCOc1c(-c2ccsc2)ccc2ccccc12.CCCCS(=O)(=O)O. The van der Waals surface area contributed by atoms with Crippen LogP contribution in [0.4, 0.5) is 0 Å². The summed E-state index contributed by atoms with van der Waals surface area (Å²) in [6, 6.07) is 14.9. The Morgan fingerprint density at radius 1 is 1.00 bits per heavy atom. The van der Waals surface area contributed by atoms with Gasteiger partial charge in [0, 0.05) is 10.9 Å². The van der Waals surface area contributed by atoms with Crippen molar-refractivity contribution >= 4 is 32.2 Å². The summed E-state index contributed by atoms with van der Waals surface area (Å²) in [5.41, 5.74) is 2.44. The van der Waals surface area contributed by atoms with E-state index in [1.807, 2.05) is 6.92 Å². The summed E-state index contributed by atoms with van der Waals surface area (Å²) in [6.07, 6.45) is 3.57. The van der Waals surface area contributed by atoms with Gasteiger partial charge in [0.1, 0.15) is 5.75 Å². The molecule has 0 fully saturated rings. The van der Waals surface area contributed by atoms with Crippen LogP contribution in [0.15, 0.2) is 53.2 Å². The Morgan fingerprint density at radius 3 is 2.36 bits per heavy atom. The molecule has 0 saturated carbocycles. The van der Waals surface area contributed by atoms with Crippen molar-refractivity contribution in [3.8, 4) is 16.9 Å². The van der Waals surface area contributed by atoms with Crippen LogP contribution in [-0.2, 0) is 10.1 Å². The van der Waals surface area contributed by atoms with Crippen molar-refractivity contribution in [3.05, 3.63) is 53.2 Å². The first-order chi connectivity index (χ1) is 13.5. The maximum Gasteiger partial charge on any atom is 0.264 e. The van der Waals surface area contributed by atoms with E-state index in [-0.39, 0.29) is 5.75 Å². The zero-order chi connectivity index (χ0) is 20.4. The molecule has 2 aromatic carbocycles. The molecule has 0 aliphatic heterocycles. The Balaban J connectivity index is 0.000000300. The zero-order valence-electron chi connectivity index (χ0n) is 16.4. The summed E-state index contributed by atoms with van der Waals surface area (Å²) in [5, 5.41) is 6.72. The predicted molar refractivity (Wildman–Crippen MR) is 119 cm³/mol. The van der Waals surface area contributed by atoms with Gasteiger partial charge in [0.2, 0.25) is 0 Å². The molecular weight excluding hydrogens is 392 g/mol. The van der Waals surface area contributed by atoms with Crippen molar-refractivity contribution in [2.45, 2.75) is 39.5 Å². The fraction of sp³-hybridized carbons (Fsp3) is 0.364. The Morgan fingerprint density at radius 2 is 1.75 bits per heavy atom. The van der Waals surface area contributed by atoms with Crippen LogP contribution in [0.2, 0.25) is 0 Å². The number of hydrogen-bond acceptors (Lipinski definition) is 4. The fourth-order valence-electron chi connectivity index (χ4n) is 2.69. The standard InChI is InChI=1S/C18H18OS.C4H10O3S/c1-2-3-11-19-18-16-7-5-4-6-14(16)8-9-17(18)15-10-12-20-13-15;1-2-3-4-8(5,6)7/h4-10,12-13H,2-3,11H2,1H3;2-4H2,1H3,(H,5,6,7). The molecule has 1 heterocycles. The first-order valence-corrected chi connectivity index (χ1v) is 12.1. The lowest BCUT2D eigenvalue weighted by Gasteiger charge is -2.13. The lowest BCUT2D eigenvalue weighted by Crippen LogP contribution is -2.02. The third kappa shape index (κ3) is 6.93. The van der Waals surface area contributed by atoms with E-state index in [0.29, 0.717) is 6.42 Å². The molecule has 152 valence electrons. The van der Waals surface area contributed by atoms with Crippen LogP contribution in [0.3, 0.4) is 0 Å². The van der Waals surface area contributed by atoms with Gasteiger partial charge in [0.05, 0.1) is 12.4 Å². The minimum Gasteiger partial charge on any atom is -0.492 e. The van der Waals surface area contributed by atoms with Gasteiger partial charge in [0.15, 0.2) is 0 Å². The molecule has 1 N–H and O–H groups in total. The molecule has 3 rings (SSSR count). The number of unbranched alkanes of at least 4 members (excludes halogenated alkanes) is 2. The molecule has 0 amide bonds. The highest BCUT2D eigenvalue weighted by Gasteiger charge is 2.11. The summed E-state index contributed by atoms with van der Waals surface area (Å²) in [4.78, 5) is 0. The van der Waals surface area contributed by atoms with E-state index in [1.165, 1.54) is 21.9 Å². The Bertz CT molecular complexity index is 948. The molecule has 0 atom stereocenters. The number of thiophene rings is 1. The molecule has 0 aliphatic rings. The van der Waals surface area contributed by atoms with Crippen LogP contribution >= 0.6 is 11.3 Å². The van der Waals surface area contributed by atoms with Gasteiger partial charge in [-0.2, -0.15) is 19.8 Å². The van der Waals surface area contributed by atoms with Crippen molar-refractivity contribution in [1.29, 1.82) is 0 Å². The van der Waals surface area contributed by atoms with E-state index in [9.17, 15) is 8.42 Å². The third-order valence-electron chi connectivity index (χ3n) is 4.21. The van der Waals surface area contributed by atoms with Gasteiger partial charge in [0.25, 0.3) is 10.1 Å². The zero-order valence-corrected chi connectivity index (χ0v) is 18.1. The van der Waals surface area contributed by atoms with Gasteiger partial charge in [-0.15, -0.1) is 0 Å². The molecule has 0 radical (unpaired) electrons. The lowest BCUT2D eigenvalue weighted by atomic mass is 10.0. The van der Waals surface area contributed by atoms with Gasteiger partial charge in [-0.25, -0.2) is 0 Å². The van der Waals surface area contributed by atoms with Crippen LogP contribution in [0.5, 0.6) is 5.75 Å².